The van der Waals surface area contributed by atoms with Gasteiger partial charge < -0.3 is 9.67 Å². The van der Waals surface area contributed by atoms with Crippen molar-refractivity contribution in [3.05, 3.63) is 58.9 Å². The standard InChI is InChI=1S/C17H21NO2/c1-12(15-7-5-4-6-8-15)9-10-18-13(2)11-16(14(18)3)17(19)20/h4-8,11-12H,9-10H2,1-3H3,(H,19,20). The van der Waals surface area contributed by atoms with Crippen LogP contribution in [0.15, 0.2) is 36.4 Å². The molecule has 1 N–H and O–H groups in total. The number of benzene rings is 1. The first-order valence-electron chi connectivity index (χ1n) is 6.95. The summed E-state index contributed by atoms with van der Waals surface area (Å²) in [6.45, 7) is 6.90. The summed E-state index contributed by atoms with van der Waals surface area (Å²) in [5.41, 5.74) is 3.60. The number of nitrogens with zero attached hydrogens (tertiary/aromatic N) is 1. The van der Waals surface area contributed by atoms with Gasteiger partial charge in [0.1, 0.15) is 0 Å². The Morgan fingerprint density at radius 3 is 2.45 bits per heavy atom. The Hall–Kier alpha value is -2.03. The highest BCUT2D eigenvalue weighted by atomic mass is 16.4. The molecule has 2 rings (SSSR count). The van der Waals surface area contributed by atoms with E-state index in [2.05, 4.69) is 35.8 Å². The van der Waals surface area contributed by atoms with E-state index < -0.39 is 5.97 Å². The van der Waals surface area contributed by atoms with Gasteiger partial charge in [-0.1, -0.05) is 37.3 Å². The lowest BCUT2D eigenvalue weighted by Crippen LogP contribution is -2.07. The van der Waals surface area contributed by atoms with Crippen molar-refractivity contribution in [2.75, 3.05) is 0 Å². The minimum atomic E-state index is -0.847. The van der Waals surface area contributed by atoms with Crippen molar-refractivity contribution in [1.82, 2.24) is 4.57 Å². The van der Waals surface area contributed by atoms with Crippen LogP contribution in [0.4, 0.5) is 0 Å². The van der Waals surface area contributed by atoms with Gasteiger partial charge in [0.2, 0.25) is 0 Å². The Balaban J connectivity index is 2.10. The third kappa shape index (κ3) is 2.93. The molecule has 3 nitrogen and oxygen atoms in total. The highest BCUT2D eigenvalue weighted by Gasteiger charge is 2.15. The van der Waals surface area contributed by atoms with E-state index >= 15 is 0 Å². The Kier molecular flexibility index (Phi) is 4.28. The molecule has 0 aliphatic heterocycles. The van der Waals surface area contributed by atoms with Crippen LogP contribution >= 0.6 is 0 Å². The van der Waals surface area contributed by atoms with E-state index in [-0.39, 0.29) is 0 Å². The number of hydrogen-bond acceptors (Lipinski definition) is 1. The van der Waals surface area contributed by atoms with E-state index in [0.29, 0.717) is 11.5 Å². The van der Waals surface area contributed by atoms with Gasteiger partial charge in [-0.2, -0.15) is 0 Å². The van der Waals surface area contributed by atoms with Crippen LogP contribution in [0.1, 0.15) is 46.6 Å². The zero-order chi connectivity index (χ0) is 14.7. The summed E-state index contributed by atoms with van der Waals surface area (Å²) in [6, 6.07) is 12.2. The van der Waals surface area contributed by atoms with Gasteiger partial charge in [-0.25, -0.2) is 4.79 Å². The molecule has 0 saturated carbocycles. The fourth-order valence-electron chi connectivity index (χ4n) is 2.63. The smallest absolute Gasteiger partial charge is 0.337 e. The maximum atomic E-state index is 11.1. The van der Waals surface area contributed by atoms with Gasteiger partial charge in [-0.15, -0.1) is 0 Å². The third-order valence-electron chi connectivity index (χ3n) is 3.96. The molecular formula is C17H21NO2. The van der Waals surface area contributed by atoms with Gasteiger partial charge in [0.25, 0.3) is 0 Å². The van der Waals surface area contributed by atoms with Gasteiger partial charge in [-0.05, 0) is 37.8 Å². The number of carbonyl (C=O) groups is 1. The highest BCUT2D eigenvalue weighted by Crippen LogP contribution is 2.22. The first kappa shape index (κ1) is 14.4. The van der Waals surface area contributed by atoms with E-state index in [9.17, 15) is 4.79 Å². The lowest BCUT2D eigenvalue weighted by molar-refractivity contribution is 0.0696. The largest absolute Gasteiger partial charge is 0.478 e. The van der Waals surface area contributed by atoms with Crippen LogP contribution in [0.25, 0.3) is 0 Å². The number of hydrogen-bond donors (Lipinski definition) is 1. The summed E-state index contributed by atoms with van der Waals surface area (Å²) >= 11 is 0. The molecule has 0 spiro atoms. The van der Waals surface area contributed by atoms with E-state index in [1.165, 1.54) is 5.56 Å². The van der Waals surface area contributed by atoms with Crippen molar-refractivity contribution in [2.45, 2.75) is 39.7 Å². The van der Waals surface area contributed by atoms with Crippen LogP contribution < -0.4 is 0 Å². The summed E-state index contributed by atoms with van der Waals surface area (Å²) in [5, 5.41) is 9.15. The second-order valence-corrected chi connectivity index (χ2v) is 5.34. The molecule has 0 amide bonds. The molecular weight excluding hydrogens is 250 g/mol. The first-order valence-corrected chi connectivity index (χ1v) is 6.95. The molecule has 1 atom stereocenters. The monoisotopic (exact) mass is 271 g/mol. The molecule has 2 aromatic rings. The highest BCUT2D eigenvalue weighted by molar-refractivity contribution is 5.89. The van der Waals surface area contributed by atoms with Crippen molar-refractivity contribution < 1.29 is 9.90 Å². The van der Waals surface area contributed by atoms with Crippen molar-refractivity contribution >= 4 is 5.97 Å². The molecule has 0 aliphatic rings. The Morgan fingerprint density at radius 2 is 1.90 bits per heavy atom. The second kappa shape index (κ2) is 5.95. The quantitative estimate of drug-likeness (QED) is 0.893. The number of rotatable bonds is 5. The molecule has 0 fully saturated rings. The maximum absolute atomic E-state index is 11.1. The molecule has 0 saturated heterocycles. The molecule has 20 heavy (non-hydrogen) atoms. The van der Waals surface area contributed by atoms with Gasteiger partial charge in [0, 0.05) is 17.9 Å². The van der Waals surface area contributed by atoms with Crippen molar-refractivity contribution in [3.8, 4) is 0 Å². The van der Waals surface area contributed by atoms with E-state index in [1.807, 2.05) is 19.9 Å². The average molecular weight is 271 g/mol. The number of carboxylic acids is 1. The van der Waals surface area contributed by atoms with Crippen molar-refractivity contribution in [3.63, 3.8) is 0 Å². The van der Waals surface area contributed by atoms with Crippen LogP contribution in [-0.4, -0.2) is 15.6 Å². The molecule has 1 aromatic heterocycles. The molecule has 106 valence electrons. The van der Waals surface area contributed by atoms with Crippen LogP contribution in [0, 0.1) is 13.8 Å². The summed E-state index contributed by atoms with van der Waals surface area (Å²) in [7, 11) is 0. The fraction of sp³-hybridized carbons (Fsp3) is 0.353. The number of aryl methyl sites for hydroxylation is 1. The number of aromatic carboxylic acids is 1. The van der Waals surface area contributed by atoms with Crippen molar-refractivity contribution in [2.24, 2.45) is 0 Å². The molecule has 1 heterocycles. The molecule has 0 radical (unpaired) electrons. The molecule has 1 aromatic carbocycles. The summed E-state index contributed by atoms with van der Waals surface area (Å²) in [5.74, 6) is -0.383. The van der Waals surface area contributed by atoms with Crippen LogP contribution in [0.2, 0.25) is 0 Å². The molecule has 1 unspecified atom stereocenters. The number of carboxylic acid groups (broad SMARTS) is 1. The van der Waals surface area contributed by atoms with Gasteiger partial charge >= 0.3 is 5.97 Å². The first-order chi connectivity index (χ1) is 9.50. The van der Waals surface area contributed by atoms with E-state index in [1.54, 1.807) is 6.07 Å². The topological polar surface area (TPSA) is 42.2 Å². The van der Waals surface area contributed by atoms with E-state index in [4.69, 9.17) is 5.11 Å². The number of aromatic nitrogens is 1. The van der Waals surface area contributed by atoms with Crippen molar-refractivity contribution in [1.29, 1.82) is 0 Å². The van der Waals surface area contributed by atoms with Crippen LogP contribution in [0.3, 0.4) is 0 Å². The zero-order valence-corrected chi connectivity index (χ0v) is 12.3. The van der Waals surface area contributed by atoms with Crippen LogP contribution in [0.5, 0.6) is 0 Å². The normalized spacial score (nSPS) is 12.3. The van der Waals surface area contributed by atoms with Gasteiger partial charge in [-0.3, -0.25) is 0 Å². The molecule has 3 heteroatoms. The van der Waals surface area contributed by atoms with Gasteiger partial charge in [0.05, 0.1) is 5.56 Å². The van der Waals surface area contributed by atoms with E-state index in [0.717, 1.165) is 24.4 Å². The van der Waals surface area contributed by atoms with Gasteiger partial charge in [0.15, 0.2) is 0 Å². The van der Waals surface area contributed by atoms with Crippen LogP contribution in [-0.2, 0) is 6.54 Å². The maximum Gasteiger partial charge on any atom is 0.337 e. The SMILES string of the molecule is Cc1cc(C(=O)O)c(C)n1CCC(C)c1ccccc1. The average Bonchev–Trinajstić information content (AvgIpc) is 2.72. The Bertz CT molecular complexity index is 599. The minimum absolute atomic E-state index is 0.412. The third-order valence-corrected chi connectivity index (χ3v) is 3.96. The lowest BCUT2D eigenvalue weighted by Gasteiger charge is -2.15. The molecule has 0 bridgehead atoms. The predicted molar refractivity (Wildman–Crippen MR) is 80.3 cm³/mol. The second-order valence-electron chi connectivity index (χ2n) is 5.34. The lowest BCUT2D eigenvalue weighted by atomic mass is 9.98. The fourth-order valence-corrected chi connectivity index (χ4v) is 2.63. The summed E-state index contributed by atoms with van der Waals surface area (Å²) < 4.78 is 2.10. The Labute approximate surface area is 119 Å². The Morgan fingerprint density at radius 1 is 1.25 bits per heavy atom. The predicted octanol–water partition coefficient (Wildman–Crippen LogP) is 4.00. The summed E-state index contributed by atoms with van der Waals surface area (Å²) in [6.07, 6.45) is 0.999. The summed E-state index contributed by atoms with van der Waals surface area (Å²) in [4.78, 5) is 11.1. The minimum Gasteiger partial charge on any atom is -0.478 e. The molecule has 0 aliphatic carbocycles. The zero-order valence-electron chi connectivity index (χ0n) is 12.3.